The molecular formula is C26H38N8O11. The van der Waals surface area contributed by atoms with Crippen molar-refractivity contribution >= 4 is 47.3 Å². The molecule has 2 aromatic rings. The fourth-order valence-corrected chi connectivity index (χ4v) is 4.06. The molecular weight excluding hydrogens is 600 g/mol. The van der Waals surface area contributed by atoms with Crippen molar-refractivity contribution in [3.8, 4) is 0 Å². The molecule has 19 heteroatoms. The monoisotopic (exact) mass is 638 g/mol. The van der Waals surface area contributed by atoms with Gasteiger partial charge in [0.1, 0.15) is 36.3 Å². The number of carboxylic acids is 2. The summed E-state index contributed by atoms with van der Waals surface area (Å²) < 4.78 is 0. The lowest BCUT2D eigenvalue weighted by atomic mass is 10.0. The van der Waals surface area contributed by atoms with Gasteiger partial charge >= 0.3 is 11.9 Å². The molecule has 248 valence electrons. The van der Waals surface area contributed by atoms with Crippen LogP contribution in [-0.2, 0) is 14.4 Å². The summed E-state index contributed by atoms with van der Waals surface area (Å²) in [5, 5.41) is 61.7. The minimum absolute atomic E-state index is 0.0388. The van der Waals surface area contributed by atoms with Crippen molar-refractivity contribution < 1.29 is 49.8 Å². The third kappa shape index (κ3) is 10.4. The van der Waals surface area contributed by atoms with Crippen LogP contribution in [0.3, 0.4) is 0 Å². The van der Waals surface area contributed by atoms with E-state index < -0.39 is 54.8 Å². The van der Waals surface area contributed by atoms with E-state index in [9.17, 15) is 29.1 Å². The second kappa shape index (κ2) is 16.9. The molecule has 1 amide bonds. The number of nitrogens with zero attached hydrogens (tertiary/aromatic N) is 2. The fraction of sp³-hybridized carbons (Fsp3) is 0.462. The summed E-state index contributed by atoms with van der Waals surface area (Å²) in [6.07, 6.45) is -5.01. The molecule has 0 saturated carbocycles. The highest BCUT2D eigenvalue weighted by Crippen LogP contribution is 2.25. The first-order valence-electron chi connectivity index (χ1n) is 13.5. The predicted octanol–water partition coefficient (Wildman–Crippen LogP) is -3.67. The number of H-pyrrole nitrogens is 1. The topological polar surface area (TPSA) is 327 Å². The SMILES string of the molecule is CN1c2c(nc(N)[nH]c2=O)NC[C@H]1CNc1ccc(C(=O)NC(CCC(=O)O)C(=O)O)cc1.N[C@@H](C=O)[C@@H](O)[C@@H](O)[C@H](O)CO. The number of nitrogens with one attached hydrogen (secondary N) is 4. The number of nitrogen functional groups attached to an aromatic ring is 1. The van der Waals surface area contributed by atoms with Crippen LogP contribution in [0.2, 0.25) is 0 Å². The van der Waals surface area contributed by atoms with Crippen molar-refractivity contribution in [3.63, 3.8) is 0 Å². The van der Waals surface area contributed by atoms with Gasteiger partial charge in [-0.1, -0.05) is 0 Å². The summed E-state index contributed by atoms with van der Waals surface area (Å²) in [6.45, 7) is 0.304. The second-order valence-electron chi connectivity index (χ2n) is 9.99. The average Bonchev–Trinajstić information content (AvgIpc) is 3.01. The molecule has 0 spiro atoms. The second-order valence-corrected chi connectivity index (χ2v) is 9.99. The van der Waals surface area contributed by atoms with E-state index in [4.69, 9.17) is 37.0 Å². The van der Waals surface area contributed by atoms with Crippen LogP contribution in [0.25, 0.3) is 0 Å². The quantitative estimate of drug-likeness (QED) is 0.0886. The van der Waals surface area contributed by atoms with Crippen LogP contribution in [0.5, 0.6) is 0 Å². The van der Waals surface area contributed by atoms with Gasteiger partial charge in [0, 0.05) is 37.8 Å². The maximum Gasteiger partial charge on any atom is 0.326 e. The molecule has 1 aromatic heterocycles. The highest BCUT2D eigenvalue weighted by molar-refractivity contribution is 5.97. The summed E-state index contributed by atoms with van der Waals surface area (Å²) in [7, 11) is 1.79. The molecule has 0 radical (unpaired) electrons. The smallest absolute Gasteiger partial charge is 0.326 e. The molecule has 45 heavy (non-hydrogen) atoms. The predicted molar refractivity (Wildman–Crippen MR) is 160 cm³/mol. The number of aliphatic carboxylic acids is 2. The zero-order valence-electron chi connectivity index (χ0n) is 24.2. The lowest BCUT2D eigenvalue weighted by molar-refractivity contribution is -0.140. The number of rotatable bonds is 14. The number of likely N-dealkylation sites (N-methyl/N-ethyl adjacent to an activating group) is 1. The van der Waals surface area contributed by atoms with Crippen LogP contribution in [0.1, 0.15) is 23.2 Å². The summed E-state index contributed by atoms with van der Waals surface area (Å²) in [6, 6.07) is 3.77. The van der Waals surface area contributed by atoms with Crippen molar-refractivity contribution in [2.75, 3.05) is 48.0 Å². The molecule has 0 aliphatic carbocycles. The molecule has 0 fully saturated rings. The Labute approximate surface area is 255 Å². The number of benzene rings is 1. The molecule has 0 saturated heterocycles. The fourth-order valence-electron chi connectivity index (χ4n) is 4.06. The number of aldehydes is 1. The third-order valence-corrected chi connectivity index (χ3v) is 6.74. The number of nitrogens with two attached hydrogens (primary N) is 2. The maximum atomic E-state index is 12.3. The highest BCUT2D eigenvalue weighted by Gasteiger charge is 2.29. The Hall–Kier alpha value is -4.82. The van der Waals surface area contributed by atoms with E-state index in [0.29, 0.717) is 24.6 Å². The first kappa shape index (κ1) is 36.4. The Kier molecular flexibility index (Phi) is 13.6. The Morgan fingerprint density at radius 2 is 1.80 bits per heavy atom. The number of aromatic nitrogens is 2. The lowest BCUT2D eigenvalue weighted by Gasteiger charge is -2.35. The summed E-state index contributed by atoms with van der Waals surface area (Å²) in [5.41, 5.74) is 11.6. The van der Waals surface area contributed by atoms with Crippen molar-refractivity contribution in [3.05, 3.63) is 40.2 Å². The number of hydrogen-bond acceptors (Lipinski definition) is 15. The van der Waals surface area contributed by atoms with Crippen molar-refractivity contribution in [2.24, 2.45) is 5.73 Å². The first-order chi connectivity index (χ1) is 21.2. The standard InChI is InChI=1S/C20H25N7O6.C6H13NO5/c1-27-12(9-23-16-15(27)18(31)26-20(21)25-16)8-22-11-4-2-10(3-5-11)17(30)24-13(19(32)33)6-7-14(28)29;7-3(1-8)5(11)6(12)4(10)2-9/h2-5,12-13,22H,6-9H2,1H3,(H,24,30)(H,28,29)(H,32,33)(H4,21,23,25,26,31);1,3-6,9-12H,2,7H2/t12-,13?;3-,4+,5+,6-/m10/s1. The molecule has 2 heterocycles. The number of carbonyl (C=O) groups is 4. The molecule has 0 bridgehead atoms. The van der Waals surface area contributed by atoms with Gasteiger partial charge in [0.15, 0.2) is 5.82 Å². The van der Waals surface area contributed by atoms with Gasteiger partial charge in [0.2, 0.25) is 5.95 Å². The summed E-state index contributed by atoms with van der Waals surface area (Å²) in [5.74, 6) is -2.59. The van der Waals surface area contributed by atoms with Gasteiger partial charge < -0.3 is 67.8 Å². The van der Waals surface area contributed by atoms with Gasteiger partial charge in [-0.25, -0.2) is 4.79 Å². The van der Waals surface area contributed by atoms with E-state index in [0.717, 1.165) is 5.69 Å². The van der Waals surface area contributed by atoms with Crippen LogP contribution in [0, 0.1) is 0 Å². The van der Waals surface area contributed by atoms with Crippen LogP contribution in [0.15, 0.2) is 29.1 Å². The van der Waals surface area contributed by atoms with Crippen LogP contribution < -0.4 is 37.9 Å². The normalized spacial score (nSPS) is 17.1. The summed E-state index contributed by atoms with van der Waals surface area (Å²) >= 11 is 0. The molecule has 1 aliphatic rings. The largest absolute Gasteiger partial charge is 0.481 e. The Morgan fingerprint density at radius 1 is 1.16 bits per heavy atom. The minimum atomic E-state index is -1.62. The Balaban J connectivity index is 0.000000498. The average molecular weight is 639 g/mol. The zero-order valence-corrected chi connectivity index (χ0v) is 24.2. The molecule has 1 aromatic carbocycles. The van der Waals surface area contributed by atoms with E-state index in [2.05, 4.69) is 25.9 Å². The first-order valence-corrected chi connectivity index (χ1v) is 13.5. The number of hydrogen-bond donors (Lipinski definition) is 12. The van der Waals surface area contributed by atoms with E-state index in [1.165, 1.54) is 12.1 Å². The molecule has 3 rings (SSSR count). The van der Waals surface area contributed by atoms with Gasteiger partial charge in [-0.15, -0.1) is 0 Å². The molecule has 19 nitrogen and oxygen atoms in total. The van der Waals surface area contributed by atoms with Gasteiger partial charge in [0.05, 0.1) is 18.7 Å². The van der Waals surface area contributed by atoms with E-state index in [-0.39, 0.29) is 42.2 Å². The van der Waals surface area contributed by atoms with Gasteiger partial charge in [-0.05, 0) is 30.7 Å². The molecule has 1 aliphatic heterocycles. The Bertz CT molecular complexity index is 1370. The van der Waals surface area contributed by atoms with Crippen molar-refractivity contribution in [1.29, 1.82) is 0 Å². The summed E-state index contributed by atoms with van der Waals surface area (Å²) in [4.78, 5) is 64.9. The van der Waals surface area contributed by atoms with E-state index in [1.807, 2.05) is 4.90 Å². The minimum Gasteiger partial charge on any atom is -0.481 e. The third-order valence-electron chi connectivity index (χ3n) is 6.74. The van der Waals surface area contributed by atoms with E-state index >= 15 is 0 Å². The number of aliphatic hydroxyl groups is 4. The maximum absolute atomic E-state index is 12.3. The number of amides is 1. The van der Waals surface area contributed by atoms with E-state index in [1.54, 1.807) is 19.2 Å². The van der Waals surface area contributed by atoms with Crippen LogP contribution >= 0.6 is 0 Å². The van der Waals surface area contributed by atoms with Gasteiger partial charge in [-0.3, -0.25) is 19.4 Å². The number of fused-ring (bicyclic) bond motifs is 1. The number of carboxylic acid groups (broad SMARTS) is 2. The zero-order chi connectivity index (χ0) is 33.8. The van der Waals surface area contributed by atoms with Gasteiger partial charge in [-0.2, -0.15) is 4.98 Å². The number of anilines is 4. The number of aliphatic hydroxyl groups excluding tert-OH is 4. The molecule has 14 N–H and O–H groups in total. The highest BCUT2D eigenvalue weighted by atomic mass is 16.4. The number of aromatic amines is 1. The number of carbonyl (C=O) groups excluding carboxylic acids is 2. The van der Waals surface area contributed by atoms with Crippen LogP contribution in [0.4, 0.5) is 23.1 Å². The molecule has 1 unspecified atom stereocenters. The van der Waals surface area contributed by atoms with Crippen molar-refractivity contribution in [2.45, 2.75) is 49.3 Å². The lowest BCUT2D eigenvalue weighted by Crippen LogP contribution is -2.49. The Morgan fingerprint density at radius 3 is 2.36 bits per heavy atom. The van der Waals surface area contributed by atoms with Crippen molar-refractivity contribution in [1.82, 2.24) is 15.3 Å². The molecule has 6 atom stereocenters. The van der Waals surface area contributed by atoms with Gasteiger partial charge in [0.25, 0.3) is 11.5 Å². The van der Waals surface area contributed by atoms with Crippen LogP contribution in [-0.4, -0.2) is 128 Å².